The molecule has 0 radical (unpaired) electrons. The van der Waals surface area contributed by atoms with E-state index in [1.54, 1.807) is 0 Å². The van der Waals surface area contributed by atoms with E-state index in [9.17, 15) is 14.2 Å². The molecule has 0 aliphatic heterocycles. The van der Waals surface area contributed by atoms with Crippen LogP contribution in [0.15, 0.2) is 12.2 Å². The van der Waals surface area contributed by atoms with Crippen molar-refractivity contribution in [2.24, 2.45) is 0 Å². The average molecular weight is 787 g/mol. The topological polar surface area (TPSA) is 119 Å². The highest BCUT2D eigenvalue weighted by Gasteiger charge is 2.23. The van der Waals surface area contributed by atoms with E-state index in [-0.39, 0.29) is 19.4 Å². The van der Waals surface area contributed by atoms with E-state index in [1.165, 1.54) is 167 Å². The third kappa shape index (κ3) is 43.5. The van der Waals surface area contributed by atoms with Crippen LogP contribution in [-0.4, -0.2) is 41.0 Å². The molecule has 0 aromatic rings. The van der Waals surface area contributed by atoms with E-state index in [4.69, 9.17) is 19.3 Å². The summed E-state index contributed by atoms with van der Waals surface area (Å²) >= 11 is 0. The highest BCUT2D eigenvalue weighted by atomic mass is 31.2. The van der Waals surface area contributed by atoms with Crippen LogP contribution in [0.5, 0.6) is 0 Å². The largest absolute Gasteiger partial charge is 0.469 e. The molecule has 0 amide bonds. The monoisotopic (exact) mass is 787 g/mol. The predicted octanol–water partition coefficient (Wildman–Crippen LogP) is 14.2. The van der Waals surface area contributed by atoms with Gasteiger partial charge in [-0.2, -0.15) is 0 Å². The van der Waals surface area contributed by atoms with Crippen molar-refractivity contribution in [3.63, 3.8) is 0 Å². The predicted molar refractivity (Wildman–Crippen MR) is 226 cm³/mol. The van der Waals surface area contributed by atoms with Gasteiger partial charge in [-0.3, -0.25) is 14.1 Å². The van der Waals surface area contributed by atoms with Gasteiger partial charge in [0.05, 0.1) is 6.61 Å². The number of hydrogen-bond acceptors (Lipinski definition) is 6. The van der Waals surface area contributed by atoms with Gasteiger partial charge < -0.3 is 19.3 Å². The number of hydrogen-bond donors (Lipinski definition) is 2. The molecule has 0 aromatic heterocycles. The van der Waals surface area contributed by atoms with Crippen molar-refractivity contribution in [1.82, 2.24) is 0 Å². The molecule has 0 spiro atoms. The first-order chi connectivity index (χ1) is 26.3. The zero-order valence-corrected chi connectivity index (χ0v) is 36.3. The van der Waals surface area contributed by atoms with Gasteiger partial charge in [-0.05, 0) is 38.5 Å². The molecule has 0 saturated heterocycles. The van der Waals surface area contributed by atoms with Gasteiger partial charge in [-0.1, -0.05) is 206 Å². The molecule has 9 heteroatoms. The molecule has 0 heterocycles. The van der Waals surface area contributed by atoms with Crippen LogP contribution in [0, 0.1) is 0 Å². The summed E-state index contributed by atoms with van der Waals surface area (Å²) in [5.41, 5.74) is 0. The maximum atomic E-state index is 12.4. The van der Waals surface area contributed by atoms with E-state index < -0.39 is 32.5 Å². The van der Waals surface area contributed by atoms with Crippen LogP contribution in [-0.2, 0) is 28.2 Å². The molecule has 0 bridgehead atoms. The summed E-state index contributed by atoms with van der Waals surface area (Å²) < 4.78 is 26.5. The lowest BCUT2D eigenvalue weighted by atomic mass is 10.0. The van der Waals surface area contributed by atoms with E-state index >= 15 is 0 Å². The molecule has 2 N–H and O–H groups in total. The molecule has 54 heavy (non-hydrogen) atoms. The van der Waals surface area contributed by atoms with E-state index in [0.29, 0.717) is 6.42 Å². The van der Waals surface area contributed by atoms with Gasteiger partial charge in [-0.15, -0.1) is 0 Å². The average Bonchev–Trinajstić information content (AvgIpc) is 3.14. The smallest absolute Gasteiger partial charge is 0.462 e. The van der Waals surface area contributed by atoms with Crippen molar-refractivity contribution in [2.75, 3.05) is 13.2 Å². The number of carbonyl (C=O) groups excluding carboxylic acids is 2. The molecule has 0 fully saturated rings. The van der Waals surface area contributed by atoms with Gasteiger partial charge in [0.1, 0.15) is 6.61 Å². The number of rotatable bonds is 43. The van der Waals surface area contributed by atoms with Crippen LogP contribution in [0.1, 0.15) is 245 Å². The van der Waals surface area contributed by atoms with Crippen molar-refractivity contribution in [3.8, 4) is 0 Å². The Morgan fingerprint density at radius 2 is 0.778 bits per heavy atom. The Morgan fingerprint density at radius 3 is 1.13 bits per heavy atom. The Balaban J connectivity index is 3.84. The van der Waals surface area contributed by atoms with Crippen LogP contribution in [0.25, 0.3) is 0 Å². The third-order valence-electron chi connectivity index (χ3n) is 10.3. The van der Waals surface area contributed by atoms with Crippen molar-refractivity contribution in [1.29, 1.82) is 0 Å². The SMILES string of the molecule is CCCCCCCCCC/C=C\CCCCCCCCCC(=O)O[C@H](COC(=O)CCCCCCCCCCCCCCCCCCC)COP(=O)(O)O. The molecule has 0 rings (SSSR count). The fraction of sp³-hybridized carbons (Fsp3) is 0.911. The lowest BCUT2D eigenvalue weighted by Gasteiger charge is -2.18. The van der Waals surface area contributed by atoms with Crippen molar-refractivity contribution in [3.05, 3.63) is 12.2 Å². The first kappa shape index (κ1) is 52.8. The summed E-state index contributed by atoms with van der Waals surface area (Å²) in [6.07, 6.45) is 46.5. The Labute approximate surface area is 333 Å². The molecule has 8 nitrogen and oxygen atoms in total. The number of allylic oxidation sites excluding steroid dienone is 2. The fourth-order valence-corrected chi connectivity index (χ4v) is 7.20. The normalized spacial score (nSPS) is 12.4. The lowest BCUT2D eigenvalue weighted by Crippen LogP contribution is -2.29. The first-order valence-corrected chi connectivity index (χ1v) is 24.5. The van der Waals surface area contributed by atoms with Crippen molar-refractivity contribution in [2.45, 2.75) is 251 Å². The number of ether oxygens (including phenoxy) is 2. The van der Waals surface area contributed by atoms with Gasteiger partial charge >= 0.3 is 19.8 Å². The molecule has 0 saturated carbocycles. The summed E-state index contributed by atoms with van der Waals surface area (Å²) in [5, 5.41) is 0. The molecule has 0 unspecified atom stereocenters. The van der Waals surface area contributed by atoms with E-state index in [0.717, 1.165) is 44.9 Å². The number of unbranched alkanes of at least 4 members (excludes halogenated alkanes) is 31. The zero-order chi connectivity index (χ0) is 39.6. The second-order valence-electron chi connectivity index (χ2n) is 15.7. The number of phosphoric acid groups is 1. The van der Waals surface area contributed by atoms with Gasteiger partial charge in [0, 0.05) is 12.8 Å². The molecule has 1 atom stereocenters. The summed E-state index contributed by atoms with van der Waals surface area (Å²) in [6.45, 7) is 3.72. The van der Waals surface area contributed by atoms with E-state index in [2.05, 4.69) is 30.5 Å². The molecule has 0 aliphatic rings. The zero-order valence-electron chi connectivity index (χ0n) is 35.4. The summed E-state index contributed by atoms with van der Waals surface area (Å²) in [5.74, 6) is -0.875. The molecule has 320 valence electrons. The van der Waals surface area contributed by atoms with Gasteiger partial charge in [0.2, 0.25) is 0 Å². The Kier molecular flexibility index (Phi) is 40.5. The summed E-state index contributed by atoms with van der Waals surface area (Å²) in [6, 6.07) is 0. The van der Waals surface area contributed by atoms with Gasteiger partial charge in [0.25, 0.3) is 0 Å². The first-order valence-electron chi connectivity index (χ1n) is 23.0. The van der Waals surface area contributed by atoms with Crippen LogP contribution < -0.4 is 0 Å². The maximum absolute atomic E-state index is 12.4. The quantitative estimate of drug-likeness (QED) is 0.0271. The minimum atomic E-state index is -4.75. The minimum absolute atomic E-state index is 0.212. The number of carbonyl (C=O) groups is 2. The van der Waals surface area contributed by atoms with Gasteiger partial charge in [-0.25, -0.2) is 4.57 Å². The lowest BCUT2D eigenvalue weighted by molar-refractivity contribution is -0.161. The summed E-state index contributed by atoms with van der Waals surface area (Å²) in [7, 11) is -4.75. The molecule has 0 aromatic carbocycles. The van der Waals surface area contributed by atoms with Crippen LogP contribution in [0.4, 0.5) is 0 Å². The highest BCUT2D eigenvalue weighted by molar-refractivity contribution is 7.46. The minimum Gasteiger partial charge on any atom is -0.462 e. The molecular formula is C45H87O8P. The number of phosphoric ester groups is 1. The number of esters is 2. The van der Waals surface area contributed by atoms with Gasteiger partial charge in [0.15, 0.2) is 6.10 Å². The highest BCUT2D eigenvalue weighted by Crippen LogP contribution is 2.36. The van der Waals surface area contributed by atoms with Crippen molar-refractivity contribution < 1.29 is 37.9 Å². The standard InChI is InChI=1S/C45H87O8P/c1-3-5-7-9-11-13-15-17-19-21-22-24-26-28-30-32-34-36-38-40-45(47)53-43(42-52-54(48,49)50)41-51-44(46)39-37-35-33-31-29-27-25-23-20-18-16-14-12-10-8-6-4-2/h21-22,43H,3-20,23-42H2,1-2H3,(H2,48,49,50)/b22-21-/t43-/m1/s1. The van der Waals surface area contributed by atoms with E-state index in [1.807, 2.05) is 0 Å². The van der Waals surface area contributed by atoms with Crippen LogP contribution >= 0.6 is 7.82 Å². The maximum Gasteiger partial charge on any atom is 0.469 e. The Hall–Kier alpha value is -1.21. The second kappa shape index (κ2) is 41.4. The molecule has 0 aliphatic carbocycles. The third-order valence-corrected chi connectivity index (χ3v) is 10.8. The summed E-state index contributed by atoms with van der Waals surface area (Å²) in [4.78, 5) is 42.9. The fourth-order valence-electron chi connectivity index (χ4n) is 6.84. The second-order valence-corrected chi connectivity index (χ2v) is 17.0. The van der Waals surface area contributed by atoms with Crippen LogP contribution in [0.2, 0.25) is 0 Å². The molecular weight excluding hydrogens is 699 g/mol. The Morgan fingerprint density at radius 1 is 0.463 bits per heavy atom. The van der Waals surface area contributed by atoms with Crippen molar-refractivity contribution >= 4 is 19.8 Å². The van der Waals surface area contributed by atoms with Crippen LogP contribution in [0.3, 0.4) is 0 Å². The Bertz CT molecular complexity index is 889.